The lowest BCUT2D eigenvalue weighted by atomic mass is 10.0. The SMILES string of the molecule is CC(C)CNC(CC(=O)OOC(=O)CN)c1ccc2c(c1)OCO2. The highest BCUT2D eigenvalue weighted by molar-refractivity contribution is 5.74. The molecule has 8 nitrogen and oxygen atoms in total. The van der Waals surface area contributed by atoms with Crippen molar-refractivity contribution in [3.63, 3.8) is 0 Å². The molecule has 1 atom stereocenters. The van der Waals surface area contributed by atoms with Gasteiger partial charge in [0.2, 0.25) is 6.79 Å². The number of fused-ring (bicyclic) bond motifs is 1. The number of nitrogens with two attached hydrogens (primary N) is 1. The molecule has 0 bridgehead atoms. The van der Waals surface area contributed by atoms with Gasteiger partial charge in [-0.05, 0) is 30.2 Å². The molecule has 1 aromatic carbocycles. The van der Waals surface area contributed by atoms with E-state index in [0.29, 0.717) is 24.0 Å². The first kappa shape index (κ1) is 18.0. The molecule has 24 heavy (non-hydrogen) atoms. The highest BCUT2D eigenvalue weighted by atomic mass is 17.2. The Morgan fingerprint density at radius 2 is 1.92 bits per heavy atom. The predicted octanol–water partition coefficient (Wildman–Crippen LogP) is 1.05. The molecule has 0 aliphatic carbocycles. The first-order valence-electron chi connectivity index (χ1n) is 7.72. The summed E-state index contributed by atoms with van der Waals surface area (Å²) in [5.41, 5.74) is 5.93. The van der Waals surface area contributed by atoms with Gasteiger partial charge in [0.15, 0.2) is 11.5 Å². The Bertz CT molecular complexity index is 590. The zero-order valence-corrected chi connectivity index (χ0v) is 13.7. The second-order valence-electron chi connectivity index (χ2n) is 5.79. The topological polar surface area (TPSA) is 109 Å². The summed E-state index contributed by atoms with van der Waals surface area (Å²) in [4.78, 5) is 31.6. The summed E-state index contributed by atoms with van der Waals surface area (Å²) in [6, 6.07) is 5.15. The van der Waals surface area contributed by atoms with Crippen LogP contribution in [0.15, 0.2) is 18.2 Å². The minimum absolute atomic E-state index is 0.00971. The number of carbonyl (C=O) groups is 2. The fraction of sp³-hybridized carbons (Fsp3) is 0.500. The molecule has 0 fully saturated rings. The van der Waals surface area contributed by atoms with Crippen LogP contribution in [0.2, 0.25) is 0 Å². The normalized spacial score (nSPS) is 13.7. The molecule has 3 N–H and O–H groups in total. The van der Waals surface area contributed by atoms with Crippen molar-refractivity contribution in [3.8, 4) is 11.5 Å². The van der Waals surface area contributed by atoms with Gasteiger partial charge in [0.05, 0.1) is 13.0 Å². The smallest absolute Gasteiger partial charge is 0.368 e. The molecule has 1 unspecified atom stereocenters. The standard InChI is InChI=1S/C16H22N2O6/c1-10(2)8-18-12(6-15(19)23-24-16(20)7-17)11-3-4-13-14(5-11)22-9-21-13/h3-5,10,12,18H,6-9,17H2,1-2H3. The van der Waals surface area contributed by atoms with Gasteiger partial charge < -0.3 is 20.5 Å². The van der Waals surface area contributed by atoms with Crippen molar-refractivity contribution < 1.29 is 28.8 Å². The quantitative estimate of drug-likeness (QED) is 0.561. The Morgan fingerprint density at radius 3 is 2.62 bits per heavy atom. The second kappa shape index (κ2) is 8.51. The molecular weight excluding hydrogens is 316 g/mol. The van der Waals surface area contributed by atoms with E-state index in [9.17, 15) is 9.59 Å². The molecular formula is C16H22N2O6. The van der Waals surface area contributed by atoms with Crippen LogP contribution in [0.1, 0.15) is 31.9 Å². The van der Waals surface area contributed by atoms with Crippen LogP contribution in [0.25, 0.3) is 0 Å². The summed E-state index contributed by atoms with van der Waals surface area (Å²) >= 11 is 0. The van der Waals surface area contributed by atoms with Gasteiger partial charge in [-0.15, -0.1) is 0 Å². The van der Waals surface area contributed by atoms with Gasteiger partial charge in [0.1, 0.15) is 0 Å². The highest BCUT2D eigenvalue weighted by Crippen LogP contribution is 2.34. The number of ether oxygens (including phenoxy) is 2. The molecule has 0 spiro atoms. The third-order valence-electron chi connectivity index (χ3n) is 3.34. The van der Waals surface area contributed by atoms with Crippen LogP contribution in [0, 0.1) is 5.92 Å². The lowest BCUT2D eigenvalue weighted by Crippen LogP contribution is -2.28. The fourth-order valence-corrected chi connectivity index (χ4v) is 2.14. The summed E-state index contributed by atoms with van der Waals surface area (Å²) < 4.78 is 10.7. The van der Waals surface area contributed by atoms with Gasteiger partial charge in [-0.1, -0.05) is 19.9 Å². The molecule has 1 aliphatic rings. The number of carbonyl (C=O) groups excluding carboxylic acids is 2. The molecule has 0 saturated carbocycles. The van der Waals surface area contributed by atoms with Crippen molar-refractivity contribution in [3.05, 3.63) is 23.8 Å². The Morgan fingerprint density at radius 1 is 1.21 bits per heavy atom. The van der Waals surface area contributed by atoms with Crippen molar-refractivity contribution >= 4 is 11.9 Å². The molecule has 1 aliphatic heterocycles. The van der Waals surface area contributed by atoms with E-state index in [-0.39, 0.29) is 25.8 Å². The van der Waals surface area contributed by atoms with E-state index < -0.39 is 11.9 Å². The first-order valence-corrected chi connectivity index (χ1v) is 7.72. The average Bonchev–Trinajstić information content (AvgIpc) is 3.03. The van der Waals surface area contributed by atoms with E-state index >= 15 is 0 Å². The number of nitrogens with one attached hydrogen (secondary N) is 1. The zero-order chi connectivity index (χ0) is 17.5. The molecule has 132 valence electrons. The van der Waals surface area contributed by atoms with Crippen LogP contribution in [-0.4, -0.2) is 31.8 Å². The van der Waals surface area contributed by atoms with Crippen molar-refractivity contribution in [2.45, 2.75) is 26.3 Å². The number of benzene rings is 1. The van der Waals surface area contributed by atoms with Gasteiger partial charge in [0.25, 0.3) is 0 Å². The van der Waals surface area contributed by atoms with Crippen LogP contribution in [0.4, 0.5) is 0 Å². The predicted molar refractivity (Wildman–Crippen MR) is 84.0 cm³/mol. The number of rotatable bonds is 7. The highest BCUT2D eigenvalue weighted by Gasteiger charge is 2.22. The molecule has 0 saturated heterocycles. The van der Waals surface area contributed by atoms with Crippen LogP contribution in [-0.2, 0) is 19.4 Å². The Hall–Kier alpha value is -2.32. The van der Waals surface area contributed by atoms with Gasteiger partial charge in [-0.3, -0.25) is 0 Å². The Balaban J connectivity index is 2.04. The lowest BCUT2D eigenvalue weighted by Gasteiger charge is -2.19. The largest absolute Gasteiger partial charge is 0.454 e. The van der Waals surface area contributed by atoms with E-state index in [1.54, 1.807) is 6.07 Å². The van der Waals surface area contributed by atoms with Crippen molar-refractivity contribution in [1.29, 1.82) is 0 Å². The Kier molecular flexibility index (Phi) is 6.39. The number of hydrogen-bond donors (Lipinski definition) is 2. The van der Waals surface area contributed by atoms with Crippen LogP contribution >= 0.6 is 0 Å². The van der Waals surface area contributed by atoms with E-state index in [4.69, 9.17) is 15.2 Å². The Labute approximate surface area is 140 Å². The molecule has 0 radical (unpaired) electrons. The zero-order valence-electron chi connectivity index (χ0n) is 13.7. The molecule has 1 heterocycles. The number of hydrogen-bond acceptors (Lipinski definition) is 8. The third-order valence-corrected chi connectivity index (χ3v) is 3.34. The van der Waals surface area contributed by atoms with Gasteiger partial charge in [-0.25, -0.2) is 19.4 Å². The van der Waals surface area contributed by atoms with Gasteiger partial charge >= 0.3 is 11.9 Å². The molecule has 2 rings (SSSR count). The van der Waals surface area contributed by atoms with Crippen LogP contribution < -0.4 is 20.5 Å². The van der Waals surface area contributed by atoms with E-state index in [1.807, 2.05) is 12.1 Å². The van der Waals surface area contributed by atoms with Crippen molar-refractivity contribution in [2.24, 2.45) is 11.7 Å². The maximum atomic E-state index is 11.9. The van der Waals surface area contributed by atoms with Crippen LogP contribution in [0.5, 0.6) is 11.5 Å². The fourth-order valence-electron chi connectivity index (χ4n) is 2.14. The third kappa shape index (κ3) is 5.10. The molecule has 0 amide bonds. The maximum absolute atomic E-state index is 11.9. The van der Waals surface area contributed by atoms with E-state index in [1.165, 1.54) is 0 Å². The van der Waals surface area contributed by atoms with Crippen LogP contribution in [0.3, 0.4) is 0 Å². The summed E-state index contributed by atoms with van der Waals surface area (Å²) in [5, 5.41) is 3.30. The van der Waals surface area contributed by atoms with Crippen molar-refractivity contribution in [1.82, 2.24) is 5.32 Å². The summed E-state index contributed by atoms with van der Waals surface area (Å²) in [7, 11) is 0. The van der Waals surface area contributed by atoms with E-state index in [2.05, 4.69) is 28.9 Å². The first-order chi connectivity index (χ1) is 11.5. The molecule has 1 aromatic rings. The van der Waals surface area contributed by atoms with Gasteiger partial charge in [-0.2, -0.15) is 0 Å². The molecule has 0 aromatic heterocycles. The maximum Gasteiger partial charge on any atom is 0.368 e. The second-order valence-corrected chi connectivity index (χ2v) is 5.79. The van der Waals surface area contributed by atoms with E-state index in [0.717, 1.165) is 5.56 Å². The van der Waals surface area contributed by atoms with Crippen molar-refractivity contribution in [2.75, 3.05) is 19.9 Å². The monoisotopic (exact) mass is 338 g/mol. The summed E-state index contributed by atoms with van der Waals surface area (Å²) in [6.45, 7) is 4.65. The average molecular weight is 338 g/mol. The minimum Gasteiger partial charge on any atom is -0.454 e. The van der Waals surface area contributed by atoms with Gasteiger partial charge in [0, 0.05) is 6.04 Å². The summed E-state index contributed by atoms with van der Waals surface area (Å²) in [5.74, 6) is 0.217. The summed E-state index contributed by atoms with van der Waals surface area (Å²) in [6.07, 6.45) is -0.00971. The molecule has 8 heteroatoms. The lowest BCUT2D eigenvalue weighted by molar-refractivity contribution is -0.258. The minimum atomic E-state index is -0.807.